The Morgan fingerprint density at radius 1 is 0.907 bits per heavy atom. The molecule has 4 rings (SSSR count). The van der Waals surface area contributed by atoms with E-state index in [-0.39, 0.29) is 10.8 Å². The molecule has 1 heteroatoms. The van der Waals surface area contributed by atoms with Gasteiger partial charge in [-0.25, -0.2) is 0 Å². The van der Waals surface area contributed by atoms with Crippen LogP contribution >= 0.6 is 0 Å². The molecule has 0 N–H and O–H groups in total. The van der Waals surface area contributed by atoms with Gasteiger partial charge in [-0.3, -0.25) is 0 Å². The van der Waals surface area contributed by atoms with Crippen molar-refractivity contribution in [2.75, 3.05) is 13.6 Å². The Morgan fingerprint density at radius 3 is 2.37 bits per heavy atom. The van der Waals surface area contributed by atoms with Crippen molar-refractivity contribution >= 4 is 16.8 Å². The topological polar surface area (TPSA) is 3.24 Å². The molecule has 3 aromatic carbocycles. The lowest BCUT2D eigenvalue weighted by Crippen LogP contribution is -2.30. The van der Waals surface area contributed by atoms with Gasteiger partial charge < -0.3 is 4.90 Å². The molecule has 0 aromatic heterocycles. The quantitative estimate of drug-likeness (QED) is 0.209. The Balaban J connectivity index is 1.61. The summed E-state index contributed by atoms with van der Waals surface area (Å²) >= 11 is 0. The molecule has 0 saturated carbocycles. The van der Waals surface area contributed by atoms with Crippen LogP contribution in [0.5, 0.6) is 0 Å². The number of fused-ring (bicyclic) bond motifs is 1. The lowest BCUT2D eigenvalue weighted by Gasteiger charge is -2.35. The number of rotatable bonds is 12. The molecule has 226 valence electrons. The van der Waals surface area contributed by atoms with E-state index in [1.807, 2.05) is 6.08 Å². The third kappa shape index (κ3) is 7.69. The van der Waals surface area contributed by atoms with Gasteiger partial charge in [0.15, 0.2) is 0 Å². The molecule has 0 bridgehead atoms. The van der Waals surface area contributed by atoms with Crippen LogP contribution in [0.4, 0.5) is 0 Å². The summed E-state index contributed by atoms with van der Waals surface area (Å²) in [6.45, 7) is 19.1. The van der Waals surface area contributed by atoms with Gasteiger partial charge >= 0.3 is 0 Å². The maximum atomic E-state index is 4.06. The Bertz CT molecular complexity index is 1530. The highest BCUT2D eigenvalue weighted by atomic mass is 15.1. The van der Waals surface area contributed by atoms with Crippen LogP contribution in [-0.2, 0) is 11.8 Å². The average Bonchev–Trinajstić information content (AvgIpc) is 3.00. The molecule has 0 unspecified atom stereocenters. The first-order valence-corrected chi connectivity index (χ1v) is 16.3. The summed E-state index contributed by atoms with van der Waals surface area (Å²) in [4.78, 5) is 2.42. The molecule has 3 aromatic rings. The zero-order chi connectivity index (χ0) is 31.0. The summed E-state index contributed by atoms with van der Waals surface area (Å²) in [5.41, 5.74) is 10.0. The molecular weight excluding hydrogens is 518 g/mol. The number of hydrogen-bond acceptors (Lipinski definition) is 1. The highest BCUT2D eigenvalue weighted by Gasteiger charge is 2.27. The van der Waals surface area contributed by atoms with Crippen LogP contribution < -0.4 is 0 Å². The van der Waals surface area contributed by atoms with Crippen molar-refractivity contribution in [3.05, 3.63) is 137 Å². The molecule has 1 aliphatic carbocycles. The zero-order valence-corrected chi connectivity index (χ0v) is 27.8. The molecule has 0 aliphatic heterocycles. The lowest BCUT2D eigenvalue weighted by molar-refractivity contribution is 0.298. The summed E-state index contributed by atoms with van der Waals surface area (Å²) in [5, 5.41) is 2.69. The van der Waals surface area contributed by atoms with E-state index in [1.54, 1.807) is 0 Å². The Labute approximate surface area is 262 Å². The molecule has 1 aliphatic rings. The van der Waals surface area contributed by atoms with Gasteiger partial charge in [0.2, 0.25) is 0 Å². The first-order chi connectivity index (χ1) is 20.6. The molecule has 1 nitrogen and oxygen atoms in total. The van der Waals surface area contributed by atoms with Crippen LogP contribution in [0.15, 0.2) is 120 Å². The predicted octanol–water partition coefficient (Wildman–Crippen LogP) is 11.6. The fourth-order valence-electron chi connectivity index (χ4n) is 6.90. The fourth-order valence-corrected chi connectivity index (χ4v) is 6.90. The van der Waals surface area contributed by atoms with Gasteiger partial charge in [0.05, 0.1) is 0 Å². The van der Waals surface area contributed by atoms with Crippen molar-refractivity contribution in [3.63, 3.8) is 0 Å². The summed E-state index contributed by atoms with van der Waals surface area (Å²) in [5.74, 6) is 0. The number of benzene rings is 3. The van der Waals surface area contributed by atoms with Gasteiger partial charge in [-0.05, 0) is 101 Å². The molecule has 0 heterocycles. The third-order valence-corrected chi connectivity index (χ3v) is 9.42. The van der Waals surface area contributed by atoms with Crippen molar-refractivity contribution < 1.29 is 0 Å². The minimum atomic E-state index is -0.0123. The van der Waals surface area contributed by atoms with Crippen LogP contribution in [0, 0.1) is 5.41 Å². The number of allylic oxidation sites excluding steroid dienone is 8. The van der Waals surface area contributed by atoms with Crippen molar-refractivity contribution in [2.24, 2.45) is 5.41 Å². The molecule has 0 amide bonds. The number of nitrogens with zero attached hydrogens (tertiary/aromatic N) is 1. The standard InChI is InChI=1S/C42H53N/c1-9-32-19-12-13-21-36(32)31-42(6,7)40(43(8)11-3)29-28-35-23-16-22-33(37(35)10-2)25-18-30-41(4,5)39-27-17-24-34-20-14-15-26-38(34)39/h9,12-15,17-21,24-29H,1,10-11,16,22-23,30-31H2,2-8H3/b25-18+,35-28+,40-29+. The van der Waals surface area contributed by atoms with E-state index in [4.69, 9.17) is 0 Å². The molecule has 0 radical (unpaired) electrons. The van der Waals surface area contributed by atoms with Gasteiger partial charge in [0.1, 0.15) is 0 Å². The molecule has 43 heavy (non-hydrogen) atoms. The summed E-state index contributed by atoms with van der Waals surface area (Å²) in [7, 11) is 2.23. The van der Waals surface area contributed by atoms with Crippen LogP contribution in [0.3, 0.4) is 0 Å². The molecule has 0 fully saturated rings. The van der Waals surface area contributed by atoms with Gasteiger partial charge in [0, 0.05) is 24.7 Å². The molecule has 0 saturated heterocycles. The highest BCUT2D eigenvalue weighted by molar-refractivity contribution is 5.86. The average molecular weight is 572 g/mol. The van der Waals surface area contributed by atoms with Gasteiger partial charge in [-0.15, -0.1) is 0 Å². The van der Waals surface area contributed by atoms with Crippen LogP contribution in [0.2, 0.25) is 0 Å². The summed E-state index contributed by atoms with van der Waals surface area (Å²) < 4.78 is 0. The van der Waals surface area contributed by atoms with E-state index in [1.165, 1.54) is 62.7 Å². The van der Waals surface area contributed by atoms with Gasteiger partial charge in [-0.1, -0.05) is 132 Å². The Kier molecular flexibility index (Phi) is 10.7. The highest BCUT2D eigenvalue weighted by Crippen LogP contribution is 2.37. The Morgan fingerprint density at radius 2 is 1.63 bits per heavy atom. The minimum absolute atomic E-state index is 0.0123. The predicted molar refractivity (Wildman–Crippen MR) is 190 cm³/mol. The molecular formula is C42H53N. The first-order valence-electron chi connectivity index (χ1n) is 16.3. The van der Waals surface area contributed by atoms with E-state index < -0.39 is 0 Å². The second-order valence-electron chi connectivity index (χ2n) is 13.4. The summed E-state index contributed by atoms with van der Waals surface area (Å²) in [6, 6.07) is 24.2. The van der Waals surface area contributed by atoms with Crippen molar-refractivity contribution in [1.29, 1.82) is 0 Å². The van der Waals surface area contributed by atoms with E-state index in [2.05, 4.69) is 151 Å². The maximum Gasteiger partial charge on any atom is 0.0191 e. The summed E-state index contributed by atoms with van der Waals surface area (Å²) in [6.07, 6.45) is 18.3. The van der Waals surface area contributed by atoms with Gasteiger partial charge in [0.25, 0.3) is 0 Å². The minimum Gasteiger partial charge on any atom is -0.378 e. The monoisotopic (exact) mass is 571 g/mol. The first kappa shape index (κ1) is 32.3. The van der Waals surface area contributed by atoms with E-state index >= 15 is 0 Å². The fraction of sp³-hybridized carbons (Fsp3) is 0.381. The third-order valence-electron chi connectivity index (χ3n) is 9.42. The number of hydrogen-bond donors (Lipinski definition) is 0. The van der Waals surface area contributed by atoms with Crippen LogP contribution in [0.25, 0.3) is 16.8 Å². The van der Waals surface area contributed by atoms with E-state index in [9.17, 15) is 0 Å². The Hall–Kier alpha value is -3.58. The van der Waals surface area contributed by atoms with E-state index in [0.717, 1.165) is 32.2 Å². The molecule has 0 atom stereocenters. The smallest absolute Gasteiger partial charge is 0.0191 e. The second-order valence-corrected chi connectivity index (χ2v) is 13.4. The van der Waals surface area contributed by atoms with Crippen LogP contribution in [-0.4, -0.2) is 18.5 Å². The van der Waals surface area contributed by atoms with Crippen LogP contribution in [0.1, 0.15) is 90.3 Å². The lowest BCUT2D eigenvalue weighted by atomic mass is 9.78. The SMILES string of the molecule is C=Cc1ccccc1CC(C)(C)/C(=C\C=C1/CCCC(/C=C/CC(C)(C)c2cccc3ccccc23)=C1CC)N(C)CC. The van der Waals surface area contributed by atoms with Crippen molar-refractivity contribution in [1.82, 2.24) is 4.90 Å². The largest absolute Gasteiger partial charge is 0.378 e. The normalized spacial score (nSPS) is 16.0. The van der Waals surface area contributed by atoms with Crippen molar-refractivity contribution in [3.8, 4) is 0 Å². The maximum absolute atomic E-state index is 4.06. The second kappa shape index (κ2) is 14.3. The zero-order valence-electron chi connectivity index (χ0n) is 27.8. The molecule has 0 spiro atoms. The van der Waals surface area contributed by atoms with Gasteiger partial charge in [-0.2, -0.15) is 0 Å². The van der Waals surface area contributed by atoms with E-state index in [0.29, 0.717) is 0 Å². The van der Waals surface area contributed by atoms with Crippen molar-refractivity contribution in [2.45, 2.75) is 85.5 Å².